The number of nitrogens with zero attached hydrogens (tertiary/aromatic N) is 1. The average molecular weight is 267 g/mol. The van der Waals surface area contributed by atoms with Gasteiger partial charge in [0.25, 0.3) is 0 Å². The lowest BCUT2D eigenvalue weighted by atomic mass is 10.1. The van der Waals surface area contributed by atoms with E-state index in [1.807, 2.05) is 26.0 Å². The summed E-state index contributed by atoms with van der Waals surface area (Å²) in [5, 5.41) is 8.64. The molecule has 0 aliphatic carbocycles. The third-order valence-corrected chi connectivity index (χ3v) is 2.09. The van der Waals surface area contributed by atoms with Crippen molar-refractivity contribution in [1.82, 2.24) is 4.98 Å². The number of aliphatic carboxylic acids is 1. The Morgan fingerprint density at radius 3 is 2.44 bits per heavy atom. The molecule has 0 saturated heterocycles. The molecule has 1 atom stereocenters. The molecule has 16 heavy (non-hydrogen) atoms. The molecular weight excluding hydrogens is 251 g/mol. The lowest BCUT2D eigenvalue weighted by Gasteiger charge is -2.08. The SMILES string of the molecule is Cc1ccc(C[C@H](N)C(=O)O)c(C)n1.Cl.Cl. The molecule has 0 aromatic carbocycles. The second-order valence-corrected chi connectivity index (χ2v) is 3.35. The van der Waals surface area contributed by atoms with Gasteiger partial charge >= 0.3 is 5.97 Å². The first-order valence-corrected chi connectivity index (χ1v) is 4.42. The summed E-state index contributed by atoms with van der Waals surface area (Å²) in [5.74, 6) is -0.982. The second kappa shape index (κ2) is 7.44. The number of rotatable bonds is 3. The lowest BCUT2D eigenvalue weighted by Crippen LogP contribution is -2.32. The van der Waals surface area contributed by atoms with Gasteiger partial charge in [0.2, 0.25) is 0 Å². The molecule has 0 saturated carbocycles. The molecule has 0 amide bonds. The molecule has 0 aliphatic rings. The molecule has 1 rings (SSSR count). The first-order chi connectivity index (χ1) is 6.50. The number of nitrogens with two attached hydrogens (primary N) is 1. The van der Waals surface area contributed by atoms with Gasteiger partial charge in [-0.1, -0.05) is 6.07 Å². The number of carboxylic acid groups (broad SMARTS) is 1. The van der Waals surface area contributed by atoms with Crippen LogP contribution in [0.25, 0.3) is 0 Å². The van der Waals surface area contributed by atoms with E-state index in [9.17, 15) is 4.79 Å². The van der Waals surface area contributed by atoms with Gasteiger partial charge < -0.3 is 10.8 Å². The Kier molecular flexibility index (Phi) is 8.16. The van der Waals surface area contributed by atoms with Crippen LogP contribution in [0.15, 0.2) is 12.1 Å². The largest absolute Gasteiger partial charge is 0.480 e. The molecule has 3 N–H and O–H groups in total. The molecule has 0 fully saturated rings. The van der Waals surface area contributed by atoms with Crippen molar-refractivity contribution in [2.45, 2.75) is 26.3 Å². The number of halogens is 2. The summed E-state index contributed by atoms with van der Waals surface area (Å²) in [4.78, 5) is 14.8. The van der Waals surface area contributed by atoms with Crippen molar-refractivity contribution in [2.24, 2.45) is 5.73 Å². The molecular formula is C10H16Cl2N2O2. The van der Waals surface area contributed by atoms with Gasteiger partial charge in [0, 0.05) is 17.8 Å². The molecule has 4 nitrogen and oxygen atoms in total. The van der Waals surface area contributed by atoms with Gasteiger partial charge in [-0.3, -0.25) is 9.78 Å². The summed E-state index contributed by atoms with van der Waals surface area (Å²) in [7, 11) is 0. The minimum atomic E-state index is -0.982. The van der Waals surface area contributed by atoms with Crippen LogP contribution in [0.5, 0.6) is 0 Å². The number of pyridine rings is 1. The maximum Gasteiger partial charge on any atom is 0.320 e. The summed E-state index contributed by atoms with van der Waals surface area (Å²) in [5.41, 5.74) is 8.10. The van der Waals surface area contributed by atoms with Crippen LogP contribution in [-0.4, -0.2) is 22.1 Å². The van der Waals surface area contributed by atoms with E-state index < -0.39 is 12.0 Å². The molecule has 0 radical (unpaired) electrons. The van der Waals surface area contributed by atoms with Gasteiger partial charge in [0.15, 0.2) is 0 Å². The minimum absolute atomic E-state index is 0. The Hall–Kier alpha value is -0.840. The fourth-order valence-electron chi connectivity index (χ4n) is 1.26. The molecule has 6 heteroatoms. The number of carbonyl (C=O) groups is 1. The predicted octanol–water partition coefficient (Wildman–Crippen LogP) is 1.50. The minimum Gasteiger partial charge on any atom is -0.480 e. The maximum absolute atomic E-state index is 10.5. The molecule has 92 valence electrons. The van der Waals surface area contributed by atoms with E-state index in [1.54, 1.807) is 0 Å². The van der Waals surface area contributed by atoms with Crippen LogP contribution >= 0.6 is 24.8 Å². The smallest absolute Gasteiger partial charge is 0.320 e. The Bertz CT molecular complexity index is 359. The Labute approximate surface area is 107 Å². The van der Waals surface area contributed by atoms with E-state index >= 15 is 0 Å². The summed E-state index contributed by atoms with van der Waals surface area (Å²) >= 11 is 0. The number of hydrogen-bond acceptors (Lipinski definition) is 3. The molecule has 0 unspecified atom stereocenters. The van der Waals surface area contributed by atoms with Crippen LogP contribution in [0, 0.1) is 13.8 Å². The second-order valence-electron chi connectivity index (χ2n) is 3.35. The van der Waals surface area contributed by atoms with E-state index in [0.29, 0.717) is 6.42 Å². The first-order valence-electron chi connectivity index (χ1n) is 4.42. The lowest BCUT2D eigenvalue weighted by molar-refractivity contribution is -0.138. The molecule has 0 aliphatic heterocycles. The van der Waals surface area contributed by atoms with E-state index in [4.69, 9.17) is 10.8 Å². The zero-order chi connectivity index (χ0) is 10.7. The standard InChI is InChI=1S/C10H14N2O2.2ClH/c1-6-3-4-8(7(2)12-6)5-9(11)10(13)14;;/h3-4,9H,5,11H2,1-2H3,(H,13,14);2*1H/t9-;;/m0../s1. The average Bonchev–Trinajstić information content (AvgIpc) is 2.09. The molecule has 1 heterocycles. The van der Waals surface area contributed by atoms with Crippen LogP contribution in [0.2, 0.25) is 0 Å². The quantitative estimate of drug-likeness (QED) is 0.870. The number of aromatic nitrogens is 1. The number of hydrogen-bond donors (Lipinski definition) is 2. The highest BCUT2D eigenvalue weighted by molar-refractivity contribution is 5.85. The van der Waals surface area contributed by atoms with Crippen LogP contribution in [0.1, 0.15) is 17.0 Å². The zero-order valence-corrected chi connectivity index (χ0v) is 10.8. The van der Waals surface area contributed by atoms with Crippen molar-refractivity contribution in [1.29, 1.82) is 0 Å². The van der Waals surface area contributed by atoms with Crippen molar-refractivity contribution in [3.63, 3.8) is 0 Å². The van der Waals surface area contributed by atoms with Crippen molar-refractivity contribution in [2.75, 3.05) is 0 Å². The van der Waals surface area contributed by atoms with E-state index in [2.05, 4.69) is 4.98 Å². The van der Waals surface area contributed by atoms with Crippen LogP contribution in [0.3, 0.4) is 0 Å². The first kappa shape index (κ1) is 17.6. The van der Waals surface area contributed by atoms with Gasteiger partial charge in [-0.2, -0.15) is 0 Å². The number of carboxylic acids is 1. The zero-order valence-electron chi connectivity index (χ0n) is 9.14. The Balaban J connectivity index is 0. The topological polar surface area (TPSA) is 76.2 Å². The third kappa shape index (κ3) is 4.79. The number of aryl methyl sites for hydroxylation is 2. The highest BCUT2D eigenvalue weighted by Gasteiger charge is 2.13. The monoisotopic (exact) mass is 266 g/mol. The van der Waals surface area contributed by atoms with Crippen molar-refractivity contribution in [3.8, 4) is 0 Å². The van der Waals surface area contributed by atoms with E-state index in [0.717, 1.165) is 17.0 Å². The summed E-state index contributed by atoms with van der Waals surface area (Å²) in [6.45, 7) is 3.75. The summed E-state index contributed by atoms with van der Waals surface area (Å²) in [6.07, 6.45) is 0.328. The fourth-order valence-corrected chi connectivity index (χ4v) is 1.26. The molecule has 0 spiro atoms. The Morgan fingerprint density at radius 1 is 1.44 bits per heavy atom. The molecule has 1 aromatic rings. The maximum atomic E-state index is 10.5. The fraction of sp³-hybridized carbons (Fsp3) is 0.400. The summed E-state index contributed by atoms with van der Waals surface area (Å²) < 4.78 is 0. The van der Waals surface area contributed by atoms with Crippen molar-refractivity contribution in [3.05, 3.63) is 29.1 Å². The van der Waals surface area contributed by atoms with Crippen molar-refractivity contribution < 1.29 is 9.90 Å². The van der Waals surface area contributed by atoms with E-state index in [1.165, 1.54) is 0 Å². The van der Waals surface area contributed by atoms with Crippen molar-refractivity contribution >= 4 is 30.8 Å². The third-order valence-electron chi connectivity index (χ3n) is 2.09. The Morgan fingerprint density at radius 2 is 2.00 bits per heavy atom. The van der Waals surface area contributed by atoms with Gasteiger partial charge in [-0.05, 0) is 25.5 Å². The van der Waals surface area contributed by atoms with Gasteiger partial charge in [-0.15, -0.1) is 24.8 Å². The molecule has 0 bridgehead atoms. The van der Waals surface area contributed by atoms with E-state index in [-0.39, 0.29) is 24.8 Å². The highest BCUT2D eigenvalue weighted by Crippen LogP contribution is 2.08. The van der Waals surface area contributed by atoms with Crippen LogP contribution in [0.4, 0.5) is 0 Å². The predicted molar refractivity (Wildman–Crippen MR) is 67.5 cm³/mol. The van der Waals surface area contributed by atoms with Gasteiger partial charge in [0.05, 0.1) is 0 Å². The molecule has 1 aromatic heterocycles. The highest BCUT2D eigenvalue weighted by atomic mass is 35.5. The van der Waals surface area contributed by atoms with Gasteiger partial charge in [0.1, 0.15) is 6.04 Å². The van der Waals surface area contributed by atoms with Crippen LogP contribution in [-0.2, 0) is 11.2 Å². The normalized spacial score (nSPS) is 10.9. The van der Waals surface area contributed by atoms with Gasteiger partial charge in [-0.25, -0.2) is 0 Å². The summed E-state index contributed by atoms with van der Waals surface area (Å²) in [6, 6.07) is 2.88. The van der Waals surface area contributed by atoms with Crippen LogP contribution < -0.4 is 5.73 Å².